The van der Waals surface area contributed by atoms with Crippen molar-refractivity contribution in [3.63, 3.8) is 0 Å². The fourth-order valence-electron chi connectivity index (χ4n) is 2.42. The fraction of sp³-hybridized carbons (Fsp3) is 0.800. The van der Waals surface area contributed by atoms with E-state index < -0.39 is 0 Å². The van der Waals surface area contributed by atoms with E-state index in [2.05, 4.69) is 37.8 Å². The monoisotopic (exact) mass is 280 g/mol. The largest absolute Gasteiger partial charge is 0.330 e. The first-order valence-corrected chi connectivity index (χ1v) is 7.50. The van der Waals surface area contributed by atoms with E-state index in [-0.39, 0.29) is 11.7 Å². The van der Waals surface area contributed by atoms with E-state index >= 15 is 0 Å². The van der Waals surface area contributed by atoms with Gasteiger partial charge in [-0.3, -0.25) is 4.79 Å². The van der Waals surface area contributed by atoms with Crippen molar-refractivity contribution in [3.8, 4) is 0 Å². The zero-order valence-electron chi connectivity index (χ0n) is 13.2. The average molecular weight is 280 g/mol. The molecule has 0 saturated carbocycles. The van der Waals surface area contributed by atoms with E-state index in [0.29, 0.717) is 31.2 Å². The van der Waals surface area contributed by atoms with E-state index in [1.807, 2.05) is 4.68 Å². The highest BCUT2D eigenvalue weighted by atomic mass is 16.1. The Morgan fingerprint density at radius 2 is 2.00 bits per heavy atom. The van der Waals surface area contributed by atoms with Crippen molar-refractivity contribution in [2.75, 3.05) is 6.54 Å². The molecule has 0 aromatic carbocycles. The minimum absolute atomic E-state index is 0.208. The molecule has 0 aliphatic carbocycles. The molecule has 5 heteroatoms. The smallest absolute Gasteiger partial charge is 0.140 e. The van der Waals surface area contributed by atoms with Crippen LogP contribution in [0.4, 0.5) is 0 Å². The van der Waals surface area contributed by atoms with Crippen LogP contribution in [0.1, 0.15) is 46.4 Å². The van der Waals surface area contributed by atoms with Gasteiger partial charge in [0.25, 0.3) is 0 Å². The third-order valence-corrected chi connectivity index (χ3v) is 3.24. The molecule has 1 unspecified atom stereocenters. The zero-order valence-corrected chi connectivity index (χ0v) is 13.2. The molecule has 20 heavy (non-hydrogen) atoms. The number of aromatic nitrogens is 3. The molecule has 1 rings (SSSR count). The molecule has 0 spiro atoms. The van der Waals surface area contributed by atoms with Gasteiger partial charge in [-0.15, -0.1) is 0 Å². The Labute approximate surface area is 122 Å². The lowest BCUT2D eigenvalue weighted by atomic mass is 9.92. The van der Waals surface area contributed by atoms with Crippen molar-refractivity contribution >= 4 is 5.78 Å². The third-order valence-electron chi connectivity index (χ3n) is 3.24. The predicted molar refractivity (Wildman–Crippen MR) is 80.2 cm³/mol. The molecule has 114 valence electrons. The van der Waals surface area contributed by atoms with E-state index in [1.54, 1.807) is 0 Å². The molecule has 0 radical (unpaired) electrons. The highest BCUT2D eigenvalue weighted by Gasteiger charge is 2.17. The normalized spacial score (nSPS) is 13.2. The fourth-order valence-corrected chi connectivity index (χ4v) is 2.42. The van der Waals surface area contributed by atoms with Crippen LogP contribution in [0.5, 0.6) is 0 Å². The number of nitrogens with two attached hydrogens (primary N) is 1. The van der Waals surface area contributed by atoms with E-state index in [9.17, 15) is 4.79 Å². The Bertz CT molecular complexity index is 412. The van der Waals surface area contributed by atoms with Crippen molar-refractivity contribution in [2.45, 2.75) is 53.5 Å². The number of hydrogen-bond acceptors (Lipinski definition) is 4. The number of rotatable bonds is 9. The Morgan fingerprint density at radius 1 is 1.30 bits per heavy atom. The molecule has 1 atom stereocenters. The van der Waals surface area contributed by atoms with Crippen LogP contribution in [-0.2, 0) is 17.8 Å². The molecule has 5 nitrogen and oxygen atoms in total. The summed E-state index contributed by atoms with van der Waals surface area (Å²) < 4.78 is 1.84. The summed E-state index contributed by atoms with van der Waals surface area (Å²) in [5, 5.41) is 4.19. The lowest BCUT2D eigenvalue weighted by molar-refractivity contribution is -0.119. The first kappa shape index (κ1) is 16.8. The van der Waals surface area contributed by atoms with Crippen LogP contribution in [0, 0.1) is 17.8 Å². The van der Waals surface area contributed by atoms with E-state index in [1.165, 1.54) is 6.33 Å². The molecule has 0 aliphatic rings. The van der Waals surface area contributed by atoms with Crippen molar-refractivity contribution < 1.29 is 4.79 Å². The summed E-state index contributed by atoms with van der Waals surface area (Å²) in [7, 11) is 0. The van der Waals surface area contributed by atoms with Gasteiger partial charge in [0.2, 0.25) is 0 Å². The first-order valence-electron chi connectivity index (χ1n) is 7.50. The van der Waals surface area contributed by atoms with E-state index in [0.717, 1.165) is 18.8 Å². The van der Waals surface area contributed by atoms with Gasteiger partial charge >= 0.3 is 0 Å². The van der Waals surface area contributed by atoms with Gasteiger partial charge < -0.3 is 5.73 Å². The molecular weight excluding hydrogens is 252 g/mol. The quantitative estimate of drug-likeness (QED) is 0.751. The lowest BCUT2D eigenvalue weighted by Gasteiger charge is -2.16. The van der Waals surface area contributed by atoms with Gasteiger partial charge in [-0.05, 0) is 30.7 Å². The van der Waals surface area contributed by atoms with Gasteiger partial charge in [0.1, 0.15) is 17.9 Å². The Hall–Kier alpha value is -1.23. The van der Waals surface area contributed by atoms with Gasteiger partial charge in [0, 0.05) is 13.0 Å². The van der Waals surface area contributed by atoms with E-state index in [4.69, 9.17) is 5.73 Å². The zero-order chi connectivity index (χ0) is 15.1. The number of carbonyl (C=O) groups excluding carboxylic acids is 1. The highest BCUT2D eigenvalue weighted by Crippen LogP contribution is 2.15. The molecule has 1 aromatic rings. The van der Waals surface area contributed by atoms with Gasteiger partial charge in [-0.1, -0.05) is 27.7 Å². The van der Waals surface area contributed by atoms with Crippen molar-refractivity contribution in [3.05, 3.63) is 12.2 Å². The van der Waals surface area contributed by atoms with Crippen molar-refractivity contribution in [1.29, 1.82) is 0 Å². The van der Waals surface area contributed by atoms with Crippen LogP contribution in [0.25, 0.3) is 0 Å². The Morgan fingerprint density at radius 3 is 2.55 bits per heavy atom. The van der Waals surface area contributed by atoms with Crippen LogP contribution in [0.3, 0.4) is 0 Å². The molecular formula is C15H28N4O. The predicted octanol–water partition coefficient (Wildman–Crippen LogP) is 2.06. The molecule has 1 aromatic heterocycles. The molecule has 0 saturated heterocycles. The lowest BCUT2D eigenvalue weighted by Crippen LogP contribution is -2.22. The maximum absolute atomic E-state index is 12.2. The maximum Gasteiger partial charge on any atom is 0.140 e. The minimum atomic E-state index is 0.208. The summed E-state index contributed by atoms with van der Waals surface area (Å²) in [6.07, 6.45) is 3.44. The topological polar surface area (TPSA) is 73.8 Å². The van der Waals surface area contributed by atoms with Crippen LogP contribution >= 0.6 is 0 Å². The van der Waals surface area contributed by atoms with Crippen LogP contribution in [0.2, 0.25) is 0 Å². The van der Waals surface area contributed by atoms with Crippen LogP contribution in [-0.4, -0.2) is 27.1 Å². The standard InChI is InChI=1S/C15H28N4O/c1-11(2)5-13(8-16)6-14(20)7-15-17-10-18-19(15)9-12(3)4/h10-13H,5-9,16H2,1-4H3. The third kappa shape index (κ3) is 5.82. The molecule has 0 aliphatic heterocycles. The summed E-state index contributed by atoms with van der Waals surface area (Å²) in [5.41, 5.74) is 5.75. The number of ketones is 1. The number of hydrogen-bond donors (Lipinski definition) is 1. The minimum Gasteiger partial charge on any atom is -0.330 e. The summed E-state index contributed by atoms with van der Waals surface area (Å²) >= 11 is 0. The van der Waals surface area contributed by atoms with Gasteiger partial charge in [-0.25, -0.2) is 9.67 Å². The van der Waals surface area contributed by atoms with Crippen LogP contribution in [0.15, 0.2) is 6.33 Å². The number of nitrogens with zero attached hydrogens (tertiary/aromatic N) is 3. The Kier molecular flexibility index (Phi) is 6.85. The van der Waals surface area contributed by atoms with Crippen molar-refractivity contribution in [1.82, 2.24) is 14.8 Å². The second-order valence-electron chi connectivity index (χ2n) is 6.40. The first-order chi connectivity index (χ1) is 9.42. The van der Waals surface area contributed by atoms with Crippen LogP contribution < -0.4 is 5.73 Å². The van der Waals surface area contributed by atoms with Gasteiger partial charge in [0.05, 0.1) is 6.42 Å². The number of carbonyl (C=O) groups is 1. The maximum atomic E-state index is 12.2. The molecule has 0 bridgehead atoms. The summed E-state index contributed by atoms with van der Waals surface area (Å²) in [4.78, 5) is 16.4. The van der Waals surface area contributed by atoms with Gasteiger partial charge in [-0.2, -0.15) is 5.10 Å². The molecule has 2 N–H and O–H groups in total. The molecule has 0 fully saturated rings. The average Bonchev–Trinajstić information content (AvgIpc) is 2.74. The summed E-state index contributed by atoms with van der Waals surface area (Å²) in [6.45, 7) is 9.94. The summed E-state index contributed by atoms with van der Waals surface area (Å²) in [5.74, 6) is 2.32. The number of Topliss-reactive ketones (excluding diaryl/α,β-unsaturated/α-hetero) is 1. The second kappa shape index (κ2) is 8.15. The van der Waals surface area contributed by atoms with Gasteiger partial charge in [0.15, 0.2) is 0 Å². The summed E-state index contributed by atoms with van der Waals surface area (Å²) in [6, 6.07) is 0. The second-order valence-corrected chi connectivity index (χ2v) is 6.40. The van der Waals surface area contributed by atoms with Crippen molar-refractivity contribution in [2.24, 2.45) is 23.5 Å². The molecule has 0 amide bonds. The SMILES string of the molecule is CC(C)CC(CN)CC(=O)Cc1ncnn1CC(C)C. The molecule has 1 heterocycles. The Balaban J connectivity index is 2.55. The highest BCUT2D eigenvalue weighted by molar-refractivity contribution is 5.80.